The van der Waals surface area contributed by atoms with Crippen molar-refractivity contribution in [1.82, 2.24) is 19.8 Å². The van der Waals surface area contributed by atoms with Gasteiger partial charge in [0.1, 0.15) is 12.7 Å². The van der Waals surface area contributed by atoms with E-state index in [4.69, 9.17) is 35.8 Å². The molecule has 0 spiro atoms. The van der Waals surface area contributed by atoms with E-state index in [9.17, 15) is 4.79 Å². The van der Waals surface area contributed by atoms with Gasteiger partial charge in [-0.05, 0) is 57.8 Å². The first-order valence-corrected chi connectivity index (χ1v) is 14.7. The molecule has 2 fully saturated rings. The lowest BCUT2D eigenvalue weighted by molar-refractivity contribution is -0.128. The van der Waals surface area contributed by atoms with Crippen LogP contribution in [0.3, 0.4) is 0 Å². The Morgan fingerprint density at radius 3 is 2.68 bits per heavy atom. The predicted molar refractivity (Wildman–Crippen MR) is 159 cm³/mol. The summed E-state index contributed by atoms with van der Waals surface area (Å²) in [7, 11) is 2.11. The lowest BCUT2D eigenvalue weighted by Crippen LogP contribution is -2.54. The van der Waals surface area contributed by atoms with Gasteiger partial charge >= 0.3 is 6.01 Å². The standard InChI is InChI=1S/C31H36ClN5O4/c1-5-25(38)37-16-15-36(17-19(37)2)29-28-30(34-31(33-29)39-18-22-11-8-14-35(22)4)41-27(20(3)40-28)23-12-6-9-21-10-7-13-24(32)26(21)23/h5-7,9-10,12-13,19-20,22,27H,1,8,11,14-18H2,2-4H3/t19-,20-,22+,27?/m1/s1. The molecule has 0 saturated carbocycles. The Morgan fingerprint density at radius 1 is 1.15 bits per heavy atom. The SMILES string of the molecule is C=CC(=O)N1CCN(c2nc(OC[C@@H]3CCCN3C)nc3c2O[C@H](C)C(c2cccc4cccc(Cl)c24)O3)C[C@H]1C. The Labute approximate surface area is 245 Å². The van der Waals surface area contributed by atoms with Gasteiger partial charge in [-0.15, -0.1) is 0 Å². The normalized spacial score (nSPS) is 24.5. The summed E-state index contributed by atoms with van der Waals surface area (Å²) in [6.45, 7) is 10.9. The Hall–Kier alpha value is -3.56. The van der Waals surface area contributed by atoms with Crippen LogP contribution in [0.4, 0.5) is 5.82 Å². The van der Waals surface area contributed by atoms with Crippen molar-refractivity contribution in [2.24, 2.45) is 0 Å². The minimum absolute atomic E-state index is 0.0381. The monoisotopic (exact) mass is 577 g/mol. The fourth-order valence-electron chi connectivity index (χ4n) is 6.16. The number of carbonyl (C=O) groups is 1. The fraction of sp³-hybridized carbons (Fsp3) is 0.452. The third-order valence-electron chi connectivity index (χ3n) is 8.42. The maximum absolute atomic E-state index is 12.4. The fourth-order valence-corrected chi connectivity index (χ4v) is 6.45. The van der Waals surface area contributed by atoms with E-state index in [-0.39, 0.29) is 24.1 Å². The summed E-state index contributed by atoms with van der Waals surface area (Å²) in [6, 6.07) is 12.5. The molecular formula is C31H36ClN5O4. The Kier molecular flexibility index (Phi) is 7.66. The second-order valence-corrected chi connectivity index (χ2v) is 11.5. The first-order chi connectivity index (χ1) is 19.8. The van der Waals surface area contributed by atoms with Crippen LogP contribution in [0, 0.1) is 0 Å². The summed E-state index contributed by atoms with van der Waals surface area (Å²) in [5.74, 6) is 1.37. The number of aromatic nitrogens is 2. The van der Waals surface area contributed by atoms with Crippen molar-refractivity contribution in [3.05, 3.63) is 59.6 Å². The topological polar surface area (TPSA) is 80.3 Å². The number of hydrogen-bond donors (Lipinski definition) is 0. The van der Waals surface area contributed by atoms with Crippen LogP contribution in [0.1, 0.15) is 38.4 Å². The van der Waals surface area contributed by atoms with E-state index in [1.807, 2.05) is 55.1 Å². The first kappa shape index (κ1) is 27.6. The molecule has 4 heterocycles. The molecule has 3 aliphatic rings. The zero-order valence-electron chi connectivity index (χ0n) is 23.8. The molecule has 9 nitrogen and oxygen atoms in total. The van der Waals surface area contributed by atoms with Crippen LogP contribution in [0.25, 0.3) is 10.8 Å². The van der Waals surface area contributed by atoms with Crippen LogP contribution < -0.4 is 19.1 Å². The number of halogens is 1. The maximum atomic E-state index is 12.4. The molecule has 41 heavy (non-hydrogen) atoms. The van der Waals surface area contributed by atoms with Crippen molar-refractivity contribution in [3.63, 3.8) is 0 Å². The second-order valence-electron chi connectivity index (χ2n) is 11.1. The van der Waals surface area contributed by atoms with E-state index >= 15 is 0 Å². The van der Waals surface area contributed by atoms with Crippen LogP contribution in [-0.2, 0) is 4.79 Å². The average molecular weight is 578 g/mol. The number of carbonyl (C=O) groups excluding carboxylic acids is 1. The zero-order valence-corrected chi connectivity index (χ0v) is 24.5. The number of benzene rings is 2. The summed E-state index contributed by atoms with van der Waals surface area (Å²) >= 11 is 6.67. The summed E-state index contributed by atoms with van der Waals surface area (Å²) in [5.41, 5.74) is 0.937. The highest BCUT2D eigenvalue weighted by Crippen LogP contribution is 2.46. The molecule has 1 unspecified atom stereocenters. The molecular weight excluding hydrogens is 542 g/mol. The lowest BCUT2D eigenvalue weighted by Gasteiger charge is -2.41. The summed E-state index contributed by atoms with van der Waals surface area (Å²) in [5, 5.41) is 2.63. The molecule has 10 heteroatoms. The Balaban J connectivity index is 1.36. The van der Waals surface area contributed by atoms with Crippen molar-refractivity contribution in [3.8, 4) is 17.6 Å². The molecule has 6 rings (SSSR count). The molecule has 0 bridgehead atoms. The van der Waals surface area contributed by atoms with E-state index < -0.39 is 6.10 Å². The van der Waals surface area contributed by atoms with Gasteiger partial charge in [0.2, 0.25) is 11.7 Å². The minimum atomic E-state index is -0.441. The third kappa shape index (κ3) is 5.28. The molecule has 1 amide bonds. The molecule has 3 aromatic rings. The number of likely N-dealkylation sites (tertiary alicyclic amines) is 1. The molecule has 0 aliphatic carbocycles. The summed E-state index contributed by atoms with van der Waals surface area (Å²) in [4.78, 5) is 28.2. The van der Waals surface area contributed by atoms with Crippen molar-refractivity contribution < 1.29 is 19.0 Å². The first-order valence-electron chi connectivity index (χ1n) is 14.3. The zero-order chi connectivity index (χ0) is 28.7. The van der Waals surface area contributed by atoms with Gasteiger partial charge in [-0.1, -0.05) is 48.5 Å². The van der Waals surface area contributed by atoms with Gasteiger partial charge in [-0.25, -0.2) is 0 Å². The van der Waals surface area contributed by atoms with Gasteiger partial charge in [0.25, 0.3) is 5.88 Å². The van der Waals surface area contributed by atoms with Gasteiger partial charge in [-0.2, -0.15) is 9.97 Å². The van der Waals surface area contributed by atoms with Crippen LogP contribution in [-0.4, -0.2) is 83.7 Å². The van der Waals surface area contributed by atoms with E-state index in [1.54, 1.807) is 0 Å². The number of piperazine rings is 1. The minimum Gasteiger partial charge on any atom is -0.478 e. The molecule has 1 aromatic heterocycles. The number of hydrogen-bond acceptors (Lipinski definition) is 8. The van der Waals surface area contributed by atoms with Gasteiger partial charge in [0.05, 0.1) is 0 Å². The highest BCUT2D eigenvalue weighted by Gasteiger charge is 2.38. The number of likely N-dealkylation sites (N-methyl/N-ethyl adjacent to an activating group) is 1. The van der Waals surface area contributed by atoms with E-state index in [2.05, 4.69) is 23.4 Å². The third-order valence-corrected chi connectivity index (χ3v) is 8.73. The summed E-state index contributed by atoms with van der Waals surface area (Å²) in [6.07, 6.45) is 2.81. The predicted octanol–water partition coefficient (Wildman–Crippen LogP) is 4.88. The molecule has 0 radical (unpaired) electrons. The number of fused-ring (bicyclic) bond motifs is 2. The number of amides is 1. The van der Waals surface area contributed by atoms with Crippen LogP contribution >= 0.6 is 11.6 Å². The van der Waals surface area contributed by atoms with E-state index in [0.717, 1.165) is 35.7 Å². The van der Waals surface area contributed by atoms with Crippen molar-refractivity contribution >= 4 is 34.1 Å². The van der Waals surface area contributed by atoms with Gasteiger partial charge in [0, 0.05) is 47.7 Å². The molecule has 3 aliphatic heterocycles. The quantitative estimate of drug-likeness (QED) is 0.384. The lowest BCUT2D eigenvalue weighted by atomic mass is 9.97. The largest absolute Gasteiger partial charge is 0.478 e. The van der Waals surface area contributed by atoms with Gasteiger partial charge < -0.3 is 28.9 Å². The Morgan fingerprint density at radius 2 is 1.95 bits per heavy atom. The van der Waals surface area contributed by atoms with Crippen molar-refractivity contribution in [2.75, 3.05) is 44.7 Å². The molecule has 216 valence electrons. The van der Waals surface area contributed by atoms with Crippen molar-refractivity contribution in [2.45, 2.75) is 51.0 Å². The number of nitrogens with zero attached hydrogens (tertiary/aromatic N) is 5. The van der Waals surface area contributed by atoms with Crippen LogP contribution in [0.2, 0.25) is 5.02 Å². The highest BCUT2D eigenvalue weighted by atomic mass is 35.5. The molecule has 4 atom stereocenters. The maximum Gasteiger partial charge on any atom is 0.322 e. The average Bonchev–Trinajstić information content (AvgIpc) is 3.39. The van der Waals surface area contributed by atoms with E-state index in [0.29, 0.717) is 54.8 Å². The highest BCUT2D eigenvalue weighted by molar-refractivity contribution is 6.35. The van der Waals surface area contributed by atoms with Crippen LogP contribution in [0.5, 0.6) is 17.6 Å². The summed E-state index contributed by atoms with van der Waals surface area (Å²) < 4.78 is 19.4. The smallest absolute Gasteiger partial charge is 0.322 e. The number of rotatable bonds is 6. The number of ether oxygens (including phenoxy) is 3. The van der Waals surface area contributed by atoms with E-state index in [1.165, 1.54) is 6.08 Å². The number of anilines is 1. The van der Waals surface area contributed by atoms with Gasteiger partial charge in [-0.3, -0.25) is 4.79 Å². The molecule has 2 saturated heterocycles. The molecule has 2 aromatic carbocycles. The van der Waals surface area contributed by atoms with Crippen molar-refractivity contribution in [1.29, 1.82) is 0 Å². The Bertz CT molecular complexity index is 1460. The van der Waals surface area contributed by atoms with Crippen LogP contribution in [0.15, 0.2) is 49.1 Å². The molecule has 0 N–H and O–H groups in total. The van der Waals surface area contributed by atoms with Gasteiger partial charge in [0.15, 0.2) is 11.9 Å². The second kappa shape index (κ2) is 11.4.